The van der Waals surface area contributed by atoms with Crippen LogP contribution >= 0.6 is 46.4 Å². The molecule has 4 rings (SSSR count). The second-order valence-corrected chi connectivity index (χ2v) is 14.3. The molecule has 14 nitrogen and oxygen atoms in total. The van der Waals surface area contributed by atoms with Crippen molar-refractivity contribution in [2.75, 3.05) is 26.4 Å². The van der Waals surface area contributed by atoms with E-state index in [0.29, 0.717) is 43.0 Å². The summed E-state index contributed by atoms with van der Waals surface area (Å²) in [6.07, 6.45) is 2.88. The number of nitrogens with zero attached hydrogens (tertiary/aromatic N) is 4. The molecule has 58 heavy (non-hydrogen) atoms. The fourth-order valence-electron chi connectivity index (χ4n) is 5.08. The molecule has 0 unspecified atom stereocenters. The van der Waals surface area contributed by atoms with Gasteiger partial charge in [-0.15, -0.1) is 0 Å². The molecule has 4 aromatic rings. The van der Waals surface area contributed by atoms with Crippen molar-refractivity contribution >= 4 is 76.4 Å². The zero-order valence-corrected chi connectivity index (χ0v) is 36.4. The monoisotopic (exact) mass is 882 g/mol. The lowest BCUT2D eigenvalue weighted by molar-refractivity contribution is -0.143. The quantitative estimate of drug-likeness (QED) is 0.0562. The maximum atomic E-state index is 12.5. The zero-order chi connectivity index (χ0) is 43.1. The minimum absolute atomic E-state index is 0.0178. The highest BCUT2D eigenvalue weighted by Gasteiger charge is 2.28. The number of esters is 4. The van der Waals surface area contributed by atoms with E-state index < -0.39 is 17.9 Å². The molecular formula is C40H46Cl4N4O10. The van der Waals surface area contributed by atoms with Crippen LogP contribution in [0.15, 0.2) is 42.5 Å². The molecule has 0 aliphatic carbocycles. The lowest BCUT2D eigenvalue weighted by Gasteiger charge is -2.14. The lowest BCUT2D eigenvalue weighted by atomic mass is 10.1. The summed E-state index contributed by atoms with van der Waals surface area (Å²) in [5, 5.41) is 10.3. The Balaban J connectivity index is 0.000000310. The fourth-order valence-corrected chi connectivity index (χ4v) is 6.10. The van der Waals surface area contributed by atoms with Crippen molar-refractivity contribution in [3.05, 3.63) is 85.1 Å². The van der Waals surface area contributed by atoms with Crippen molar-refractivity contribution in [2.24, 2.45) is 0 Å². The molecule has 0 bridgehead atoms. The summed E-state index contributed by atoms with van der Waals surface area (Å²) in [7, 11) is 0. The van der Waals surface area contributed by atoms with Crippen LogP contribution in [0.25, 0.3) is 6.08 Å². The minimum atomic E-state index is -0.635. The molecule has 0 aliphatic heterocycles. The average Bonchev–Trinajstić information content (AvgIpc) is 3.68. The van der Waals surface area contributed by atoms with Crippen LogP contribution < -0.4 is 9.47 Å². The largest absolute Gasteiger partial charge is 0.466 e. The number of carbonyl (C=O) groups excluding carboxylic acids is 4. The van der Waals surface area contributed by atoms with Gasteiger partial charge in [0.05, 0.1) is 44.1 Å². The predicted molar refractivity (Wildman–Crippen MR) is 221 cm³/mol. The third-order valence-electron chi connectivity index (χ3n) is 7.44. The molecule has 2 heterocycles. The smallest absolute Gasteiger partial charge is 0.359 e. The van der Waals surface area contributed by atoms with E-state index in [1.165, 1.54) is 16.8 Å². The fraction of sp³-hybridized carbons (Fsp3) is 0.400. The van der Waals surface area contributed by atoms with Gasteiger partial charge in [-0.2, -0.15) is 10.2 Å². The molecule has 0 amide bonds. The predicted octanol–water partition coefficient (Wildman–Crippen LogP) is 10.6. The zero-order valence-electron chi connectivity index (χ0n) is 33.4. The summed E-state index contributed by atoms with van der Waals surface area (Å²) in [5.74, 6) is -0.855. The topological polar surface area (TPSA) is 159 Å². The van der Waals surface area contributed by atoms with E-state index in [1.54, 1.807) is 68.8 Å². The maximum absolute atomic E-state index is 12.5. The Hall–Kier alpha value is -4.76. The van der Waals surface area contributed by atoms with Gasteiger partial charge < -0.3 is 28.4 Å². The molecule has 0 spiro atoms. The van der Waals surface area contributed by atoms with E-state index >= 15 is 0 Å². The van der Waals surface area contributed by atoms with E-state index in [4.69, 9.17) is 74.8 Å². The normalized spacial score (nSPS) is 11.0. The molecule has 0 N–H and O–H groups in total. The molecular weight excluding hydrogens is 838 g/mol. The summed E-state index contributed by atoms with van der Waals surface area (Å²) in [6, 6.07) is 9.24. The molecule has 18 heteroatoms. The molecule has 0 atom stereocenters. The molecule has 0 radical (unpaired) electrons. The molecule has 2 aromatic heterocycles. The lowest BCUT2D eigenvalue weighted by Crippen LogP contribution is -2.11. The van der Waals surface area contributed by atoms with Gasteiger partial charge in [-0.3, -0.25) is 4.79 Å². The number of hydrogen-bond donors (Lipinski definition) is 0. The van der Waals surface area contributed by atoms with E-state index in [2.05, 4.69) is 10.2 Å². The Labute approximate surface area is 357 Å². The number of hydrogen-bond acceptors (Lipinski definition) is 12. The Bertz CT molecular complexity index is 2050. The Morgan fingerprint density at radius 3 is 1.52 bits per heavy atom. The molecule has 0 aliphatic rings. The first-order valence-corrected chi connectivity index (χ1v) is 19.9. The van der Waals surface area contributed by atoms with Crippen molar-refractivity contribution in [3.8, 4) is 23.3 Å². The van der Waals surface area contributed by atoms with Gasteiger partial charge in [0.25, 0.3) is 0 Å². The van der Waals surface area contributed by atoms with Crippen molar-refractivity contribution in [1.29, 1.82) is 0 Å². The van der Waals surface area contributed by atoms with Gasteiger partial charge in [0.1, 0.15) is 11.5 Å². The molecule has 314 valence electrons. The third-order valence-corrected chi connectivity index (χ3v) is 8.31. The summed E-state index contributed by atoms with van der Waals surface area (Å²) < 4.78 is 35.2. The molecule has 0 fully saturated rings. The van der Waals surface area contributed by atoms with Crippen LogP contribution in [0.5, 0.6) is 23.3 Å². The van der Waals surface area contributed by atoms with Crippen LogP contribution in [0.1, 0.15) is 106 Å². The van der Waals surface area contributed by atoms with Gasteiger partial charge in [-0.05, 0) is 104 Å². The van der Waals surface area contributed by atoms with E-state index in [1.807, 2.05) is 27.7 Å². The highest BCUT2D eigenvalue weighted by atomic mass is 35.5. The number of rotatable bonds is 17. The van der Waals surface area contributed by atoms with Gasteiger partial charge in [0.2, 0.25) is 11.8 Å². The van der Waals surface area contributed by atoms with Crippen molar-refractivity contribution in [2.45, 2.75) is 80.3 Å². The van der Waals surface area contributed by atoms with Crippen molar-refractivity contribution in [3.63, 3.8) is 0 Å². The van der Waals surface area contributed by atoms with Gasteiger partial charge in [-0.1, -0.05) is 46.4 Å². The second kappa shape index (κ2) is 23.0. The van der Waals surface area contributed by atoms with E-state index in [-0.39, 0.29) is 80.2 Å². The number of carbonyl (C=O) groups is 4. The Morgan fingerprint density at radius 2 is 1.05 bits per heavy atom. The Morgan fingerprint density at radius 1 is 0.621 bits per heavy atom. The van der Waals surface area contributed by atoms with Gasteiger partial charge in [-0.25, -0.2) is 23.7 Å². The first-order valence-electron chi connectivity index (χ1n) is 18.4. The first-order chi connectivity index (χ1) is 27.5. The first kappa shape index (κ1) is 47.6. The van der Waals surface area contributed by atoms with Gasteiger partial charge in [0, 0.05) is 38.2 Å². The maximum Gasteiger partial charge on any atom is 0.359 e. The average molecular weight is 885 g/mol. The van der Waals surface area contributed by atoms with Crippen molar-refractivity contribution < 1.29 is 47.6 Å². The molecule has 2 aromatic carbocycles. The van der Waals surface area contributed by atoms with Crippen molar-refractivity contribution in [1.82, 2.24) is 19.6 Å². The summed E-state index contributed by atoms with van der Waals surface area (Å²) in [6.45, 7) is 15.3. The van der Waals surface area contributed by atoms with E-state index in [0.717, 1.165) is 0 Å². The van der Waals surface area contributed by atoms with Crippen LogP contribution in [-0.2, 0) is 35.0 Å². The summed E-state index contributed by atoms with van der Waals surface area (Å²) in [4.78, 5) is 48.6. The van der Waals surface area contributed by atoms with Gasteiger partial charge in [0.15, 0.2) is 11.4 Å². The number of aromatic nitrogens is 4. The number of benzene rings is 2. The summed E-state index contributed by atoms with van der Waals surface area (Å²) in [5.41, 5.74) is 0.861. The minimum Gasteiger partial charge on any atom is -0.466 e. The SMILES string of the molecule is CCOC(=O)/C=C/c1c(C(=O)OCC)nn(C(C)C)c1Oc1cc(Cl)cc(Cl)c1.CCOC(=O)CCc1c(C(=O)OCC)nn(C(C)C)c1Oc1cc(Cl)cc(Cl)c1. The van der Waals surface area contributed by atoms with Crippen LogP contribution in [0.2, 0.25) is 20.1 Å². The molecule has 0 saturated heterocycles. The van der Waals surface area contributed by atoms with Crippen LogP contribution in [0.4, 0.5) is 0 Å². The van der Waals surface area contributed by atoms with E-state index in [9.17, 15) is 19.2 Å². The summed E-state index contributed by atoms with van der Waals surface area (Å²) >= 11 is 24.3. The van der Waals surface area contributed by atoms with Crippen LogP contribution in [0.3, 0.4) is 0 Å². The Kier molecular flexibility index (Phi) is 18.9. The standard InChI is InChI=1S/C20H24Cl2N2O5.C20H22Cl2N2O5/c2*1-5-27-17(25)8-7-16-18(20(26)28-6-2)23-24(12(3)4)19(16)29-15-10-13(21)9-14(22)11-15/h9-12H,5-8H2,1-4H3;7-12H,5-6H2,1-4H3/b;8-7+. The number of ether oxygens (including phenoxy) is 6. The second-order valence-electron chi connectivity index (χ2n) is 12.5. The van der Waals surface area contributed by atoms with Crippen LogP contribution in [0, 0.1) is 0 Å². The highest BCUT2D eigenvalue weighted by Crippen LogP contribution is 2.36. The third kappa shape index (κ3) is 13.7. The number of halogens is 4. The van der Waals surface area contributed by atoms with Crippen LogP contribution in [-0.4, -0.2) is 69.9 Å². The highest BCUT2D eigenvalue weighted by molar-refractivity contribution is 6.35. The molecule has 0 saturated carbocycles. The van der Waals surface area contributed by atoms with Gasteiger partial charge >= 0.3 is 23.9 Å².